The van der Waals surface area contributed by atoms with E-state index in [4.69, 9.17) is 0 Å². The van der Waals surface area contributed by atoms with Gasteiger partial charge in [0.2, 0.25) is 0 Å². The van der Waals surface area contributed by atoms with Gasteiger partial charge in [-0.25, -0.2) is 4.39 Å². The Bertz CT molecular complexity index is 310. The van der Waals surface area contributed by atoms with Crippen molar-refractivity contribution < 1.29 is 9.18 Å². The number of hydrogen-bond donors (Lipinski definition) is 0. The normalized spacial score (nSPS) is 8.93. The first-order valence-electron chi connectivity index (χ1n) is 4.48. The highest BCUT2D eigenvalue weighted by Crippen LogP contribution is 2.22. The fourth-order valence-electron chi connectivity index (χ4n) is 1.00. The van der Waals surface area contributed by atoms with Gasteiger partial charge in [-0.15, -0.1) is 11.8 Å². The molecule has 14 heavy (non-hydrogen) atoms. The lowest BCUT2D eigenvalue weighted by molar-refractivity contribution is 0.111. The summed E-state index contributed by atoms with van der Waals surface area (Å²) >= 11 is 1.38. The molecule has 0 N–H and O–H groups in total. The molecule has 0 saturated carbocycles. The van der Waals surface area contributed by atoms with Gasteiger partial charge in [0.1, 0.15) is 5.82 Å². The van der Waals surface area contributed by atoms with E-state index in [1.807, 2.05) is 20.1 Å². The lowest BCUT2D eigenvalue weighted by Gasteiger charge is -2.03. The Balaban J connectivity index is 0.000000791. The molecule has 0 atom stereocenters. The molecule has 0 aliphatic rings. The van der Waals surface area contributed by atoms with E-state index in [-0.39, 0.29) is 5.56 Å². The third kappa shape index (κ3) is 3.14. The highest BCUT2D eigenvalue weighted by atomic mass is 32.2. The first-order valence-corrected chi connectivity index (χ1v) is 5.71. The van der Waals surface area contributed by atoms with Crippen LogP contribution in [0.1, 0.15) is 29.8 Å². The van der Waals surface area contributed by atoms with E-state index in [9.17, 15) is 9.18 Å². The Morgan fingerprint density at radius 3 is 2.36 bits per heavy atom. The molecule has 1 aromatic rings. The van der Waals surface area contributed by atoms with E-state index >= 15 is 0 Å². The number of carbonyl (C=O) groups is 1. The Morgan fingerprint density at radius 1 is 1.36 bits per heavy atom. The SMILES string of the molecule is CC.CSc1cc(C)cc(F)c1C=O. The van der Waals surface area contributed by atoms with Gasteiger partial charge in [0, 0.05) is 4.90 Å². The largest absolute Gasteiger partial charge is 0.298 e. The summed E-state index contributed by atoms with van der Waals surface area (Å²) in [6, 6.07) is 3.17. The van der Waals surface area contributed by atoms with Crippen molar-refractivity contribution >= 4 is 18.0 Å². The molecule has 0 aliphatic heterocycles. The zero-order chi connectivity index (χ0) is 11.1. The molecule has 0 amide bonds. The topological polar surface area (TPSA) is 17.1 Å². The predicted molar refractivity (Wildman–Crippen MR) is 59.7 cm³/mol. The van der Waals surface area contributed by atoms with E-state index in [1.54, 1.807) is 13.0 Å². The Labute approximate surface area is 88.7 Å². The van der Waals surface area contributed by atoms with Gasteiger partial charge in [-0.1, -0.05) is 13.8 Å². The Hall–Kier alpha value is -0.830. The Morgan fingerprint density at radius 2 is 1.93 bits per heavy atom. The van der Waals surface area contributed by atoms with Crippen molar-refractivity contribution in [3.63, 3.8) is 0 Å². The number of halogens is 1. The first kappa shape index (κ1) is 13.2. The molecular weight excluding hydrogens is 199 g/mol. The second-order valence-corrected chi connectivity index (χ2v) is 3.33. The minimum atomic E-state index is -0.436. The molecule has 1 aromatic carbocycles. The van der Waals surface area contributed by atoms with Gasteiger partial charge in [0.25, 0.3) is 0 Å². The maximum atomic E-state index is 13.1. The summed E-state index contributed by atoms with van der Waals surface area (Å²) in [6.45, 7) is 5.80. The van der Waals surface area contributed by atoms with Crippen molar-refractivity contribution in [2.24, 2.45) is 0 Å². The first-order chi connectivity index (χ1) is 6.69. The highest BCUT2D eigenvalue weighted by molar-refractivity contribution is 7.98. The molecule has 0 radical (unpaired) electrons. The summed E-state index contributed by atoms with van der Waals surface area (Å²) in [5.74, 6) is -0.436. The predicted octanol–water partition coefficient (Wildman–Crippen LogP) is 3.69. The van der Waals surface area contributed by atoms with Crippen LogP contribution >= 0.6 is 11.8 Å². The monoisotopic (exact) mass is 214 g/mol. The van der Waals surface area contributed by atoms with Gasteiger partial charge >= 0.3 is 0 Å². The number of aldehydes is 1. The van der Waals surface area contributed by atoms with E-state index < -0.39 is 5.82 Å². The van der Waals surface area contributed by atoms with Gasteiger partial charge in [0.05, 0.1) is 5.56 Å². The molecule has 0 spiro atoms. The summed E-state index contributed by atoms with van der Waals surface area (Å²) in [7, 11) is 0. The van der Waals surface area contributed by atoms with E-state index in [0.717, 1.165) is 5.56 Å². The number of benzene rings is 1. The van der Waals surface area contributed by atoms with E-state index in [2.05, 4.69) is 0 Å². The smallest absolute Gasteiger partial charge is 0.154 e. The van der Waals surface area contributed by atoms with Gasteiger partial charge in [-0.2, -0.15) is 0 Å². The minimum Gasteiger partial charge on any atom is -0.298 e. The van der Waals surface area contributed by atoms with Gasteiger partial charge in [-0.3, -0.25) is 4.79 Å². The van der Waals surface area contributed by atoms with E-state index in [1.165, 1.54) is 17.8 Å². The third-order valence-corrected chi connectivity index (χ3v) is 2.35. The maximum absolute atomic E-state index is 13.1. The van der Waals surface area contributed by atoms with Crippen molar-refractivity contribution in [3.8, 4) is 0 Å². The van der Waals surface area contributed by atoms with Crippen LogP contribution in [0.15, 0.2) is 17.0 Å². The standard InChI is InChI=1S/C9H9FOS.C2H6/c1-6-3-8(10)7(5-11)9(4-6)12-2;1-2/h3-5H,1-2H3;1-2H3. The van der Waals surface area contributed by atoms with Crippen molar-refractivity contribution in [1.82, 2.24) is 0 Å². The summed E-state index contributed by atoms with van der Waals surface area (Å²) in [4.78, 5) is 11.2. The van der Waals surface area contributed by atoms with Gasteiger partial charge < -0.3 is 0 Å². The second-order valence-electron chi connectivity index (χ2n) is 2.48. The molecule has 0 bridgehead atoms. The number of carbonyl (C=O) groups excluding carboxylic acids is 1. The molecule has 1 rings (SSSR count). The molecule has 0 fully saturated rings. The van der Waals surface area contributed by atoms with Crippen LogP contribution in [0.5, 0.6) is 0 Å². The van der Waals surface area contributed by atoms with Crippen LogP contribution in [0.3, 0.4) is 0 Å². The molecule has 0 saturated heterocycles. The van der Waals surface area contributed by atoms with Crippen molar-refractivity contribution in [1.29, 1.82) is 0 Å². The quantitative estimate of drug-likeness (QED) is 0.551. The molecule has 0 heterocycles. The molecule has 0 aromatic heterocycles. The molecule has 78 valence electrons. The second kappa shape index (κ2) is 6.60. The van der Waals surface area contributed by atoms with Crippen LogP contribution in [0, 0.1) is 12.7 Å². The average Bonchev–Trinajstić information content (AvgIpc) is 2.19. The van der Waals surface area contributed by atoms with Crippen LogP contribution in [0.2, 0.25) is 0 Å². The average molecular weight is 214 g/mol. The van der Waals surface area contributed by atoms with Crippen molar-refractivity contribution in [2.75, 3.05) is 6.26 Å². The summed E-state index contributed by atoms with van der Waals surface area (Å²) in [6.07, 6.45) is 2.38. The molecule has 0 aliphatic carbocycles. The lowest BCUT2D eigenvalue weighted by Crippen LogP contribution is -1.92. The minimum absolute atomic E-state index is 0.160. The van der Waals surface area contributed by atoms with Crippen LogP contribution < -0.4 is 0 Å². The van der Waals surface area contributed by atoms with E-state index in [0.29, 0.717) is 11.2 Å². The van der Waals surface area contributed by atoms with Crippen LogP contribution in [0.4, 0.5) is 4.39 Å². The zero-order valence-electron chi connectivity index (χ0n) is 8.93. The zero-order valence-corrected chi connectivity index (χ0v) is 9.74. The number of rotatable bonds is 2. The fourth-order valence-corrected chi connectivity index (χ4v) is 1.67. The highest BCUT2D eigenvalue weighted by Gasteiger charge is 2.07. The Kier molecular flexibility index (Phi) is 6.21. The van der Waals surface area contributed by atoms with Gasteiger partial charge in [0.15, 0.2) is 6.29 Å². The number of hydrogen-bond acceptors (Lipinski definition) is 2. The molecule has 1 nitrogen and oxygen atoms in total. The lowest BCUT2D eigenvalue weighted by atomic mass is 10.1. The molecule has 0 unspecified atom stereocenters. The van der Waals surface area contributed by atoms with Gasteiger partial charge in [-0.05, 0) is 30.9 Å². The summed E-state index contributed by atoms with van der Waals surface area (Å²) < 4.78 is 13.1. The number of thioether (sulfide) groups is 1. The van der Waals surface area contributed by atoms with Crippen LogP contribution in [0.25, 0.3) is 0 Å². The summed E-state index contributed by atoms with van der Waals surface area (Å²) in [5.41, 5.74) is 0.996. The van der Waals surface area contributed by atoms with Crippen LogP contribution in [-0.4, -0.2) is 12.5 Å². The molecule has 3 heteroatoms. The van der Waals surface area contributed by atoms with Crippen molar-refractivity contribution in [3.05, 3.63) is 29.1 Å². The molecular formula is C11H15FOS. The van der Waals surface area contributed by atoms with Crippen LogP contribution in [-0.2, 0) is 0 Å². The maximum Gasteiger partial charge on any atom is 0.154 e. The number of aryl methyl sites for hydroxylation is 1. The summed E-state index contributed by atoms with van der Waals surface area (Å²) in [5, 5.41) is 0. The third-order valence-electron chi connectivity index (χ3n) is 1.57. The fraction of sp³-hybridized carbons (Fsp3) is 0.364. The van der Waals surface area contributed by atoms with Crippen molar-refractivity contribution in [2.45, 2.75) is 25.7 Å².